The third-order valence-corrected chi connectivity index (χ3v) is 4.38. The van der Waals surface area contributed by atoms with E-state index in [0.29, 0.717) is 24.7 Å². The number of rotatable bonds is 8. The van der Waals surface area contributed by atoms with Crippen molar-refractivity contribution >= 4 is 22.9 Å². The number of imidazole rings is 1. The SMILES string of the molecule is CCOCCCn1c(NC(=O)c2ccc(CC)cc2)nc2ccccc21. The lowest BCUT2D eigenvalue weighted by atomic mass is 10.1. The fraction of sp³-hybridized carbons (Fsp3) is 0.333. The summed E-state index contributed by atoms with van der Waals surface area (Å²) in [4.78, 5) is 17.2. The van der Waals surface area contributed by atoms with E-state index in [1.807, 2.05) is 60.0 Å². The number of anilines is 1. The lowest BCUT2D eigenvalue weighted by Crippen LogP contribution is -2.16. The number of para-hydroxylation sites is 2. The van der Waals surface area contributed by atoms with Gasteiger partial charge in [0.25, 0.3) is 5.91 Å². The molecule has 0 aliphatic rings. The van der Waals surface area contributed by atoms with Crippen LogP contribution < -0.4 is 5.32 Å². The molecule has 0 aliphatic carbocycles. The number of hydrogen-bond donors (Lipinski definition) is 1. The van der Waals surface area contributed by atoms with Gasteiger partial charge in [-0.3, -0.25) is 10.1 Å². The monoisotopic (exact) mass is 351 g/mol. The standard InChI is InChI=1S/C21H25N3O2/c1-3-16-10-12-17(13-11-16)20(25)23-21-22-18-8-5-6-9-19(18)24(21)14-7-15-26-4-2/h5-6,8-13H,3-4,7,14-15H2,1-2H3,(H,22,23,25). The highest BCUT2D eigenvalue weighted by molar-refractivity contribution is 6.04. The number of nitrogens with one attached hydrogen (secondary N) is 1. The summed E-state index contributed by atoms with van der Waals surface area (Å²) in [6, 6.07) is 15.6. The Morgan fingerprint density at radius 3 is 2.62 bits per heavy atom. The van der Waals surface area contributed by atoms with E-state index in [1.165, 1.54) is 5.56 Å². The predicted octanol–water partition coefficient (Wildman–Crippen LogP) is 4.28. The maximum absolute atomic E-state index is 12.6. The Morgan fingerprint density at radius 1 is 1.12 bits per heavy atom. The summed E-state index contributed by atoms with van der Waals surface area (Å²) in [5.41, 5.74) is 3.74. The van der Waals surface area contributed by atoms with Crippen LogP contribution in [-0.2, 0) is 17.7 Å². The number of fused-ring (bicyclic) bond motifs is 1. The number of amides is 1. The number of carbonyl (C=O) groups excluding carboxylic acids is 1. The summed E-state index contributed by atoms with van der Waals surface area (Å²) in [5.74, 6) is 0.432. The molecule has 3 rings (SSSR count). The molecule has 0 radical (unpaired) electrons. The van der Waals surface area contributed by atoms with E-state index in [4.69, 9.17) is 4.74 Å². The fourth-order valence-corrected chi connectivity index (χ4v) is 2.93. The van der Waals surface area contributed by atoms with Crippen LogP contribution >= 0.6 is 0 Å². The van der Waals surface area contributed by atoms with E-state index in [-0.39, 0.29) is 5.91 Å². The number of aryl methyl sites for hydroxylation is 2. The van der Waals surface area contributed by atoms with Gasteiger partial charge in [-0.15, -0.1) is 0 Å². The molecule has 0 bridgehead atoms. The maximum atomic E-state index is 12.6. The molecule has 0 aliphatic heterocycles. The second kappa shape index (κ2) is 8.63. The third kappa shape index (κ3) is 4.11. The van der Waals surface area contributed by atoms with Gasteiger partial charge in [-0.1, -0.05) is 31.2 Å². The van der Waals surface area contributed by atoms with Crippen molar-refractivity contribution in [3.05, 3.63) is 59.7 Å². The van der Waals surface area contributed by atoms with Crippen LogP contribution in [0.5, 0.6) is 0 Å². The van der Waals surface area contributed by atoms with Gasteiger partial charge in [-0.25, -0.2) is 4.98 Å². The second-order valence-corrected chi connectivity index (χ2v) is 6.13. The highest BCUT2D eigenvalue weighted by atomic mass is 16.5. The van der Waals surface area contributed by atoms with Crippen molar-refractivity contribution in [3.8, 4) is 0 Å². The predicted molar refractivity (Wildman–Crippen MR) is 105 cm³/mol. The average molecular weight is 351 g/mol. The van der Waals surface area contributed by atoms with Gasteiger partial charge in [-0.05, 0) is 49.6 Å². The molecule has 2 aromatic carbocycles. The molecule has 1 amide bonds. The molecule has 1 N–H and O–H groups in total. The van der Waals surface area contributed by atoms with E-state index < -0.39 is 0 Å². The molecule has 5 nitrogen and oxygen atoms in total. The summed E-state index contributed by atoms with van der Waals surface area (Å²) in [5, 5.41) is 2.97. The summed E-state index contributed by atoms with van der Waals surface area (Å²) in [6.45, 7) is 6.23. The van der Waals surface area contributed by atoms with E-state index >= 15 is 0 Å². The zero-order chi connectivity index (χ0) is 18.4. The molecule has 1 heterocycles. The van der Waals surface area contributed by atoms with Crippen LogP contribution in [0.15, 0.2) is 48.5 Å². The van der Waals surface area contributed by atoms with E-state index in [2.05, 4.69) is 17.2 Å². The molecule has 0 fully saturated rings. The summed E-state index contributed by atoms with van der Waals surface area (Å²) < 4.78 is 7.48. The van der Waals surface area contributed by atoms with E-state index in [0.717, 1.165) is 30.4 Å². The normalized spacial score (nSPS) is 11.0. The Kier molecular flexibility index (Phi) is 6.02. The minimum atomic E-state index is -0.144. The summed E-state index contributed by atoms with van der Waals surface area (Å²) in [6.07, 6.45) is 1.82. The van der Waals surface area contributed by atoms with Gasteiger partial charge in [0, 0.05) is 25.3 Å². The number of benzene rings is 2. The topological polar surface area (TPSA) is 56.1 Å². The Balaban J connectivity index is 1.82. The quantitative estimate of drug-likeness (QED) is 0.616. The average Bonchev–Trinajstić information content (AvgIpc) is 3.02. The first-order valence-electron chi connectivity index (χ1n) is 9.16. The molecule has 1 aromatic heterocycles. The molecule has 0 spiro atoms. The van der Waals surface area contributed by atoms with Gasteiger partial charge in [0.2, 0.25) is 5.95 Å². The zero-order valence-corrected chi connectivity index (χ0v) is 15.4. The van der Waals surface area contributed by atoms with Crippen LogP contribution in [0.25, 0.3) is 11.0 Å². The van der Waals surface area contributed by atoms with Crippen molar-refractivity contribution in [3.63, 3.8) is 0 Å². The van der Waals surface area contributed by atoms with Crippen molar-refractivity contribution in [2.75, 3.05) is 18.5 Å². The highest BCUT2D eigenvalue weighted by Gasteiger charge is 2.14. The minimum Gasteiger partial charge on any atom is -0.382 e. The maximum Gasteiger partial charge on any atom is 0.257 e. The van der Waals surface area contributed by atoms with Crippen molar-refractivity contribution in [1.82, 2.24) is 9.55 Å². The number of aromatic nitrogens is 2. The Morgan fingerprint density at radius 2 is 1.88 bits per heavy atom. The van der Waals surface area contributed by atoms with Gasteiger partial charge in [0.1, 0.15) is 0 Å². The first-order chi connectivity index (χ1) is 12.7. The number of hydrogen-bond acceptors (Lipinski definition) is 3. The Bertz CT molecular complexity index is 869. The van der Waals surface area contributed by atoms with Crippen LogP contribution in [0.4, 0.5) is 5.95 Å². The molecule has 0 saturated heterocycles. The van der Waals surface area contributed by atoms with Crippen LogP contribution in [0, 0.1) is 0 Å². The van der Waals surface area contributed by atoms with Gasteiger partial charge < -0.3 is 9.30 Å². The molecule has 0 unspecified atom stereocenters. The summed E-state index contributed by atoms with van der Waals surface area (Å²) >= 11 is 0. The molecule has 0 saturated carbocycles. The van der Waals surface area contributed by atoms with Crippen LogP contribution in [-0.4, -0.2) is 28.7 Å². The largest absolute Gasteiger partial charge is 0.382 e. The van der Waals surface area contributed by atoms with Crippen LogP contribution in [0.3, 0.4) is 0 Å². The first-order valence-corrected chi connectivity index (χ1v) is 9.16. The van der Waals surface area contributed by atoms with E-state index in [9.17, 15) is 4.79 Å². The third-order valence-electron chi connectivity index (χ3n) is 4.38. The Labute approximate surface area is 154 Å². The van der Waals surface area contributed by atoms with Crippen molar-refractivity contribution in [2.24, 2.45) is 0 Å². The lowest BCUT2D eigenvalue weighted by molar-refractivity contribution is 0.102. The van der Waals surface area contributed by atoms with Gasteiger partial charge in [0.15, 0.2) is 0 Å². The van der Waals surface area contributed by atoms with Gasteiger partial charge in [-0.2, -0.15) is 0 Å². The first kappa shape index (κ1) is 18.1. The molecule has 26 heavy (non-hydrogen) atoms. The second-order valence-electron chi connectivity index (χ2n) is 6.13. The fourth-order valence-electron chi connectivity index (χ4n) is 2.93. The number of nitrogens with zero attached hydrogens (tertiary/aromatic N) is 2. The molecular formula is C21H25N3O2. The smallest absolute Gasteiger partial charge is 0.257 e. The van der Waals surface area contributed by atoms with Crippen molar-refractivity contribution in [1.29, 1.82) is 0 Å². The minimum absolute atomic E-state index is 0.144. The summed E-state index contributed by atoms with van der Waals surface area (Å²) in [7, 11) is 0. The zero-order valence-electron chi connectivity index (χ0n) is 15.4. The van der Waals surface area contributed by atoms with E-state index in [1.54, 1.807) is 0 Å². The van der Waals surface area contributed by atoms with Crippen LogP contribution in [0.1, 0.15) is 36.2 Å². The van der Waals surface area contributed by atoms with Crippen molar-refractivity contribution in [2.45, 2.75) is 33.2 Å². The van der Waals surface area contributed by atoms with Gasteiger partial charge >= 0.3 is 0 Å². The number of ether oxygens (including phenoxy) is 1. The molecule has 5 heteroatoms. The highest BCUT2D eigenvalue weighted by Crippen LogP contribution is 2.21. The molecule has 0 atom stereocenters. The van der Waals surface area contributed by atoms with Crippen molar-refractivity contribution < 1.29 is 9.53 Å². The van der Waals surface area contributed by atoms with Gasteiger partial charge in [0.05, 0.1) is 11.0 Å². The van der Waals surface area contributed by atoms with Crippen LogP contribution in [0.2, 0.25) is 0 Å². The lowest BCUT2D eigenvalue weighted by Gasteiger charge is -2.10. The molecular weight excluding hydrogens is 326 g/mol. The Hall–Kier alpha value is -2.66. The molecule has 136 valence electrons. The molecule has 3 aromatic rings. The number of carbonyl (C=O) groups is 1.